The summed E-state index contributed by atoms with van der Waals surface area (Å²) in [5.74, 6) is -1.80. The number of nitrogens with one attached hydrogen (secondary N) is 2. The van der Waals surface area contributed by atoms with Crippen molar-refractivity contribution < 1.29 is 23.8 Å². The number of hydrogen-bond donors (Lipinski definition) is 4. The number of piperidine rings is 1. The standard InChI is InChI=1S/C25H33FN4O4/c1-3-33-19-13-20(23(25(31)32)29-18-9-7-17(8-10-18)24(27)28)22(26)21(14-19)34-16(2)15-30-11-5-4-6-12-30/h7-10,13-14,16,23,29H,3-6,11-12,15H2,1-2H3,(H3,27,28)(H,31,32). The average Bonchev–Trinajstić information content (AvgIpc) is 2.80. The van der Waals surface area contributed by atoms with E-state index in [1.165, 1.54) is 18.6 Å². The molecule has 0 radical (unpaired) electrons. The Morgan fingerprint density at radius 3 is 2.50 bits per heavy atom. The van der Waals surface area contributed by atoms with Crippen LogP contribution in [0.5, 0.6) is 11.5 Å². The van der Waals surface area contributed by atoms with Crippen molar-refractivity contribution >= 4 is 17.5 Å². The number of hydrogen-bond acceptors (Lipinski definition) is 6. The van der Waals surface area contributed by atoms with Crippen LogP contribution >= 0.6 is 0 Å². The van der Waals surface area contributed by atoms with E-state index in [-0.39, 0.29) is 23.3 Å². The molecule has 1 saturated heterocycles. The summed E-state index contributed by atoms with van der Waals surface area (Å²) in [6.45, 7) is 6.67. The van der Waals surface area contributed by atoms with Crippen LogP contribution in [0.2, 0.25) is 0 Å². The maximum Gasteiger partial charge on any atom is 0.330 e. The minimum absolute atomic E-state index is 0.0366. The molecule has 34 heavy (non-hydrogen) atoms. The SMILES string of the molecule is CCOc1cc(OC(C)CN2CCCCC2)c(F)c(C(Nc2ccc(C(=N)N)cc2)C(=O)O)c1. The topological polar surface area (TPSA) is 121 Å². The van der Waals surface area contributed by atoms with E-state index in [1.54, 1.807) is 31.2 Å². The fourth-order valence-electron chi connectivity index (χ4n) is 4.08. The minimum atomic E-state index is -1.39. The summed E-state index contributed by atoms with van der Waals surface area (Å²) in [7, 11) is 0. The number of nitrogens with zero attached hydrogens (tertiary/aromatic N) is 1. The summed E-state index contributed by atoms with van der Waals surface area (Å²) in [6.07, 6.45) is 3.23. The van der Waals surface area contributed by atoms with Crippen molar-refractivity contribution in [1.82, 2.24) is 4.90 Å². The number of aliphatic carboxylic acids is 1. The first kappa shape index (κ1) is 25.3. The number of anilines is 1. The molecule has 2 aromatic carbocycles. The van der Waals surface area contributed by atoms with Gasteiger partial charge < -0.3 is 25.6 Å². The van der Waals surface area contributed by atoms with E-state index in [2.05, 4.69) is 10.2 Å². The molecule has 1 aliphatic heterocycles. The molecule has 8 nitrogen and oxygen atoms in total. The van der Waals surface area contributed by atoms with Gasteiger partial charge in [-0.3, -0.25) is 10.3 Å². The Hall–Kier alpha value is -3.33. The number of ether oxygens (including phenoxy) is 2. The number of halogens is 1. The number of amidine groups is 1. The van der Waals surface area contributed by atoms with Gasteiger partial charge in [-0.1, -0.05) is 6.42 Å². The van der Waals surface area contributed by atoms with Crippen LogP contribution in [-0.4, -0.2) is 54.2 Å². The number of nitrogens with two attached hydrogens (primary N) is 1. The molecule has 0 bridgehead atoms. The van der Waals surface area contributed by atoms with E-state index in [1.807, 2.05) is 6.92 Å². The van der Waals surface area contributed by atoms with Gasteiger partial charge in [0.25, 0.3) is 0 Å². The first-order chi connectivity index (χ1) is 16.3. The number of nitrogen functional groups attached to an aromatic ring is 1. The van der Waals surface area contributed by atoms with E-state index in [9.17, 15) is 9.90 Å². The molecule has 1 fully saturated rings. The number of carboxylic acids is 1. The van der Waals surface area contributed by atoms with Crippen molar-refractivity contribution in [3.63, 3.8) is 0 Å². The van der Waals surface area contributed by atoms with Crippen LogP contribution in [0.1, 0.15) is 50.3 Å². The zero-order chi connectivity index (χ0) is 24.7. The van der Waals surface area contributed by atoms with Gasteiger partial charge in [0.1, 0.15) is 17.7 Å². The second kappa shape index (κ2) is 11.7. The molecular formula is C25H33FN4O4. The molecule has 0 saturated carbocycles. The molecule has 0 spiro atoms. The molecule has 184 valence electrons. The first-order valence-corrected chi connectivity index (χ1v) is 11.6. The maximum atomic E-state index is 15.6. The van der Waals surface area contributed by atoms with Crippen molar-refractivity contribution in [2.45, 2.75) is 45.3 Å². The summed E-state index contributed by atoms with van der Waals surface area (Å²) >= 11 is 0. The Morgan fingerprint density at radius 2 is 1.91 bits per heavy atom. The third-order valence-corrected chi connectivity index (χ3v) is 5.71. The zero-order valence-electron chi connectivity index (χ0n) is 19.6. The van der Waals surface area contributed by atoms with Crippen molar-refractivity contribution in [2.24, 2.45) is 5.73 Å². The highest BCUT2D eigenvalue weighted by atomic mass is 19.1. The molecule has 1 heterocycles. The second-order valence-electron chi connectivity index (χ2n) is 8.45. The maximum absolute atomic E-state index is 15.6. The Kier molecular flexibility index (Phi) is 8.70. The molecule has 0 aliphatic carbocycles. The summed E-state index contributed by atoms with van der Waals surface area (Å²) < 4.78 is 27.1. The Labute approximate surface area is 199 Å². The van der Waals surface area contributed by atoms with Crippen molar-refractivity contribution in [3.05, 3.63) is 53.3 Å². The highest BCUT2D eigenvalue weighted by molar-refractivity contribution is 5.95. The minimum Gasteiger partial charge on any atom is -0.494 e. The highest BCUT2D eigenvalue weighted by Crippen LogP contribution is 2.34. The zero-order valence-corrected chi connectivity index (χ0v) is 19.6. The predicted molar refractivity (Wildman–Crippen MR) is 129 cm³/mol. The molecule has 2 atom stereocenters. The number of carboxylic acid groups (broad SMARTS) is 1. The normalized spacial score (nSPS) is 15.9. The smallest absolute Gasteiger partial charge is 0.330 e. The summed E-state index contributed by atoms with van der Waals surface area (Å²) in [6, 6.07) is 7.83. The second-order valence-corrected chi connectivity index (χ2v) is 8.45. The molecule has 0 aromatic heterocycles. The van der Waals surface area contributed by atoms with Crippen LogP contribution in [0.25, 0.3) is 0 Å². The van der Waals surface area contributed by atoms with Gasteiger partial charge in [-0.25, -0.2) is 9.18 Å². The highest BCUT2D eigenvalue weighted by Gasteiger charge is 2.27. The van der Waals surface area contributed by atoms with Gasteiger partial charge in [-0.2, -0.15) is 0 Å². The Morgan fingerprint density at radius 1 is 1.24 bits per heavy atom. The van der Waals surface area contributed by atoms with Crippen LogP contribution < -0.4 is 20.5 Å². The van der Waals surface area contributed by atoms with Gasteiger partial charge in [0.15, 0.2) is 17.6 Å². The lowest BCUT2D eigenvalue weighted by atomic mass is 10.0. The number of rotatable bonds is 11. The summed E-state index contributed by atoms with van der Waals surface area (Å²) in [5, 5.41) is 20.2. The number of benzene rings is 2. The van der Waals surface area contributed by atoms with Crippen LogP contribution in [0, 0.1) is 11.2 Å². The molecule has 1 aliphatic rings. The fourth-order valence-corrected chi connectivity index (χ4v) is 4.08. The van der Waals surface area contributed by atoms with E-state index in [0.29, 0.717) is 30.2 Å². The fraction of sp³-hybridized carbons (Fsp3) is 0.440. The third kappa shape index (κ3) is 6.60. The third-order valence-electron chi connectivity index (χ3n) is 5.71. The summed E-state index contributed by atoms with van der Waals surface area (Å²) in [4.78, 5) is 14.4. The van der Waals surface area contributed by atoms with Crippen LogP contribution in [0.4, 0.5) is 10.1 Å². The largest absolute Gasteiger partial charge is 0.494 e. The van der Waals surface area contributed by atoms with Gasteiger partial charge in [0.2, 0.25) is 0 Å². The first-order valence-electron chi connectivity index (χ1n) is 11.6. The van der Waals surface area contributed by atoms with Gasteiger partial charge in [-0.15, -0.1) is 0 Å². The number of carbonyl (C=O) groups is 1. The lowest BCUT2D eigenvalue weighted by Crippen LogP contribution is -2.37. The molecular weight excluding hydrogens is 439 g/mol. The quantitative estimate of drug-likeness (QED) is 0.288. The summed E-state index contributed by atoms with van der Waals surface area (Å²) in [5.41, 5.74) is 6.33. The van der Waals surface area contributed by atoms with E-state index >= 15 is 4.39 Å². The lowest BCUT2D eigenvalue weighted by Gasteiger charge is -2.29. The number of likely N-dealkylation sites (tertiary alicyclic amines) is 1. The molecule has 2 unspecified atom stereocenters. The molecule has 3 rings (SSSR count). The van der Waals surface area contributed by atoms with Crippen LogP contribution in [0.3, 0.4) is 0 Å². The van der Waals surface area contributed by atoms with E-state index in [4.69, 9.17) is 20.6 Å². The molecule has 0 amide bonds. The van der Waals surface area contributed by atoms with Crippen LogP contribution in [0.15, 0.2) is 36.4 Å². The van der Waals surface area contributed by atoms with Gasteiger partial charge >= 0.3 is 5.97 Å². The van der Waals surface area contributed by atoms with Crippen molar-refractivity contribution in [3.8, 4) is 11.5 Å². The van der Waals surface area contributed by atoms with E-state index < -0.39 is 17.8 Å². The van der Waals surface area contributed by atoms with Crippen molar-refractivity contribution in [1.29, 1.82) is 5.41 Å². The van der Waals surface area contributed by atoms with Gasteiger partial charge in [-0.05, 0) is 70.1 Å². The average molecular weight is 473 g/mol. The molecule has 9 heteroatoms. The van der Waals surface area contributed by atoms with Crippen molar-refractivity contribution in [2.75, 3.05) is 31.6 Å². The van der Waals surface area contributed by atoms with E-state index in [0.717, 1.165) is 25.9 Å². The lowest BCUT2D eigenvalue weighted by molar-refractivity contribution is -0.138. The molecule has 5 N–H and O–H groups in total. The van der Waals surface area contributed by atoms with Gasteiger partial charge in [0.05, 0.1) is 6.61 Å². The monoisotopic (exact) mass is 472 g/mol. The van der Waals surface area contributed by atoms with Gasteiger partial charge in [0, 0.05) is 29.4 Å². The Balaban J connectivity index is 1.86. The predicted octanol–water partition coefficient (Wildman–Crippen LogP) is 4.00. The molecule has 2 aromatic rings. The van der Waals surface area contributed by atoms with Crippen LogP contribution in [-0.2, 0) is 4.79 Å². The Bertz CT molecular complexity index is 993.